The van der Waals surface area contributed by atoms with Gasteiger partial charge in [-0.3, -0.25) is 0 Å². The van der Waals surface area contributed by atoms with Crippen LogP contribution in [0, 0.1) is 0 Å². The van der Waals surface area contributed by atoms with Crippen LogP contribution in [0.25, 0.3) is 0 Å². The fourth-order valence-electron chi connectivity index (χ4n) is 1.18. The Kier molecular flexibility index (Phi) is 1.24. The Labute approximate surface area is 63.3 Å². The smallest absolute Gasteiger partial charge is 0.0850 e. The zero-order valence-corrected chi connectivity index (χ0v) is 5.72. The van der Waals surface area contributed by atoms with Gasteiger partial charge in [0.1, 0.15) is 0 Å². The molecule has 0 aromatic heterocycles. The highest BCUT2D eigenvalue weighted by Crippen LogP contribution is 2.12. The monoisotopic (exact) mass is 138 g/mol. The molecule has 0 amide bonds. The average Bonchev–Trinajstić information content (AvgIpc) is 2.28. The third-order valence-corrected chi connectivity index (χ3v) is 1.70. The number of fused-ring (bicyclic) bond motifs is 1. The summed E-state index contributed by atoms with van der Waals surface area (Å²) in [5.74, 6) is 0. The van der Waals surface area contributed by atoms with Gasteiger partial charge in [-0.2, -0.15) is 0 Å². The largest absolute Gasteiger partial charge is 0.367 e. The zero-order chi connectivity index (χ0) is 6.81. The van der Waals surface area contributed by atoms with Gasteiger partial charge in [-0.15, -0.1) is 0 Å². The van der Waals surface area contributed by atoms with Crippen molar-refractivity contribution in [3.63, 3.8) is 0 Å². The molecule has 0 aromatic rings. The summed E-state index contributed by atoms with van der Waals surface area (Å²) in [6.07, 6.45) is 9.54. The number of hydrogen-bond donors (Lipinski definition) is 2. The van der Waals surface area contributed by atoms with Crippen LogP contribution in [0.3, 0.4) is 0 Å². The van der Waals surface area contributed by atoms with E-state index < -0.39 is 0 Å². The van der Waals surface area contributed by atoms with Gasteiger partial charge in [-0.05, 0) is 12.5 Å². The minimum absolute atomic E-state index is 0. The molecule has 1 fully saturated rings. The Morgan fingerprint density at radius 2 is 2.20 bits per heavy atom. The van der Waals surface area contributed by atoms with E-state index in [2.05, 4.69) is 34.9 Å². The molecule has 10 heavy (non-hydrogen) atoms. The summed E-state index contributed by atoms with van der Waals surface area (Å²) in [6, 6.07) is 0. The van der Waals surface area contributed by atoms with Crippen molar-refractivity contribution in [3.05, 3.63) is 35.7 Å². The molecule has 0 aromatic carbocycles. The quantitative estimate of drug-likeness (QED) is 0.528. The van der Waals surface area contributed by atoms with Crippen molar-refractivity contribution in [1.29, 1.82) is 0 Å². The van der Waals surface area contributed by atoms with Crippen LogP contribution in [0.2, 0.25) is 0 Å². The summed E-state index contributed by atoms with van der Waals surface area (Å²) >= 11 is 0. The number of hydrogen-bond acceptors (Lipinski definition) is 2. The summed E-state index contributed by atoms with van der Waals surface area (Å²) in [5.41, 5.74) is 2.46. The first-order valence-electron chi connectivity index (χ1n) is 3.52. The van der Waals surface area contributed by atoms with Crippen molar-refractivity contribution >= 4 is 0 Å². The zero-order valence-electron chi connectivity index (χ0n) is 5.72. The fourth-order valence-corrected chi connectivity index (χ4v) is 1.18. The highest BCUT2D eigenvalue weighted by atomic mass is 15.2. The predicted octanol–water partition coefficient (Wildman–Crippen LogP) is 1.36. The van der Waals surface area contributed by atoms with Gasteiger partial charge in [0.15, 0.2) is 0 Å². The molecule has 1 saturated heterocycles. The van der Waals surface area contributed by atoms with E-state index in [4.69, 9.17) is 0 Å². The van der Waals surface area contributed by atoms with Gasteiger partial charge in [0.05, 0.1) is 18.1 Å². The van der Waals surface area contributed by atoms with E-state index in [-0.39, 0.29) is 2.85 Å². The predicted molar refractivity (Wildman–Crippen MR) is 45.3 cm³/mol. The van der Waals surface area contributed by atoms with Crippen LogP contribution in [0.15, 0.2) is 35.7 Å². The SMILES string of the molecule is C1=CCC=C2NCNC2=C1.[HH].[HH]. The lowest BCUT2D eigenvalue weighted by Crippen LogP contribution is -2.10. The molecule has 0 saturated carbocycles. The molecule has 0 spiro atoms. The summed E-state index contributed by atoms with van der Waals surface area (Å²) < 4.78 is 0. The normalized spacial score (nSPS) is 21.6. The Morgan fingerprint density at radius 1 is 1.30 bits per heavy atom. The first kappa shape index (κ1) is 5.59. The molecule has 1 aliphatic carbocycles. The average molecular weight is 138 g/mol. The van der Waals surface area contributed by atoms with E-state index in [9.17, 15) is 0 Å². The van der Waals surface area contributed by atoms with Crippen LogP contribution >= 0.6 is 0 Å². The Hall–Kier alpha value is -1.18. The van der Waals surface area contributed by atoms with Gasteiger partial charge < -0.3 is 10.6 Å². The van der Waals surface area contributed by atoms with Crippen LogP contribution in [0.4, 0.5) is 0 Å². The van der Waals surface area contributed by atoms with Crippen LogP contribution in [-0.2, 0) is 0 Å². The molecule has 2 rings (SSSR count). The van der Waals surface area contributed by atoms with Gasteiger partial charge in [0.2, 0.25) is 0 Å². The maximum absolute atomic E-state index is 3.24. The molecule has 2 aliphatic rings. The Morgan fingerprint density at radius 3 is 3.20 bits per heavy atom. The number of nitrogens with one attached hydrogen (secondary N) is 2. The van der Waals surface area contributed by atoms with Gasteiger partial charge >= 0.3 is 0 Å². The van der Waals surface area contributed by atoms with Gasteiger partial charge in [-0.25, -0.2) is 0 Å². The van der Waals surface area contributed by atoms with Crippen molar-refractivity contribution in [3.8, 4) is 0 Å². The van der Waals surface area contributed by atoms with Crippen molar-refractivity contribution in [2.45, 2.75) is 6.42 Å². The second kappa shape index (κ2) is 2.21. The standard InChI is InChI=1S/C8H10N2.2H2/c1-2-4-7-8(5-3-1)10-6-9-7;;/h1-2,4-5,9-10H,3,6H2;2*1H. The van der Waals surface area contributed by atoms with Crippen LogP contribution in [0.1, 0.15) is 9.27 Å². The summed E-state index contributed by atoms with van der Waals surface area (Å²) in [4.78, 5) is 0. The molecule has 1 aliphatic heterocycles. The third-order valence-electron chi connectivity index (χ3n) is 1.70. The number of allylic oxidation sites excluding steroid dienone is 4. The second-order valence-electron chi connectivity index (χ2n) is 2.39. The third kappa shape index (κ3) is 0.817. The van der Waals surface area contributed by atoms with Crippen LogP contribution in [-0.4, -0.2) is 6.67 Å². The molecule has 56 valence electrons. The molecule has 2 heteroatoms. The van der Waals surface area contributed by atoms with E-state index in [0.717, 1.165) is 13.1 Å². The van der Waals surface area contributed by atoms with Crippen molar-refractivity contribution < 1.29 is 2.85 Å². The van der Waals surface area contributed by atoms with Crippen molar-refractivity contribution in [2.24, 2.45) is 0 Å². The molecule has 0 unspecified atom stereocenters. The van der Waals surface area contributed by atoms with Crippen LogP contribution in [0.5, 0.6) is 0 Å². The van der Waals surface area contributed by atoms with Crippen LogP contribution < -0.4 is 10.6 Å². The maximum atomic E-state index is 3.24. The maximum Gasteiger partial charge on any atom is 0.0850 e. The molecule has 2 nitrogen and oxygen atoms in total. The summed E-state index contributed by atoms with van der Waals surface area (Å²) in [7, 11) is 0. The molecule has 2 N–H and O–H groups in total. The van der Waals surface area contributed by atoms with Crippen molar-refractivity contribution in [1.82, 2.24) is 10.6 Å². The van der Waals surface area contributed by atoms with E-state index >= 15 is 0 Å². The molecular formula is C8H14N2. The van der Waals surface area contributed by atoms with Crippen molar-refractivity contribution in [2.75, 3.05) is 6.67 Å². The van der Waals surface area contributed by atoms with E-state index in [0.29, 0.717) is 0 Å². The Bertz CT molecular complexity index is 231. The van der Waals surface area contributed by atoms with E-state index in [1.807, 2.05) is 0 Å². The van der Waals surface area contributed by atoms with Gasteiger partial charge in [-0.1, -0.05) is 18.2 Å². The Balaban J connectivity index is 0.000000605. The molecular weight excluding hydrogens is 124 g/mol. The molecule has 0 bridgehead atoms. The fraction of sp³-hybridized carbons (Fsp3) is 0.250. The minimum Gasteiger partial charge on any atom is -0.367 e. The summed E-state index contributed by atoms with van der Waals surface area (Å²) in [6.45, 7) is 0.867. The lowest BCUT2D eigenvalue weighted by atomic mass is 10.3. The highest BCUT2D eigenvalue weighted by molar-refractivity contribution is 5.36. The molecule has 0 radical (unpaired) electrons. The lowest BCUT2D eigenvalue weighted by Gasteiger charge is -1.94. The van der Waals surface area contributed by atoms with Gasteiger partial charge in [0.25, 0.3) is 0 Å². The van der Waals surface area contributed by atoms with E-state index in [1.54, 1.807) is 0 Å². The minimum atomic E-state index is 0. The van der Waals surface area contributed by atoms with Gasteiger partial charge in [0, 0.05) is 2.85 Å². The first-order chi connectivity index (χ1) is 4.97. The highest BCUT2D eigenvalue weighted by Gasteiger charge is 2.09. The first-order valence-corrected chi connectivity index (χ1v) is 3.52. The van der Waals surface area contributed by atoms with E-state index in [1.165, 1.54) is 11.4 Å². The molecule has 1 heterocycles. The number of rotatable bonds is 0. The second-order valence-corrected chi connectivity index (χ2v) is 2.39. The molecule has 0 atom stereocenters. The lowest BCUT2D eigenvalue weighted by molar-refractivity contribution is 0.838. The topological polar surface area (TPSA) is 24.1 Å². The summed E-state index contributed by atoms with van der Waals surface area (Å²) in [5, 5.41) is 6.47.